The quantitative estimate of drug-likeness (QED) is 0.579. The maximum Gasteiger partial charge on any atom is 0.0246 e. The van der Waals surface area contributed by atoms with Gasteiger partial charge in [0.1, 0.15) is 0 Å². The van der Waals surface area contributed by atoms with Crippen LogP contribution >= 0.6 is 0 Å². The van der Waals surface area contributed by atoms with Gasteiger partial charge >= 0.3 is 0 Å². The van der Waals surface area contributed by atoms with E-state index in [-0.39, 0.29) is 0 Å². The first kappa shape index (κ1) is 11.2. The minimum Gasteiger partial charge on any atom is -0.303 e. The summed E-state index contributed by atoms with van der Waals surface area (Å²) in [6, 6.07) is 0.484. The fourth-order valence-electron chi connectivity index (χ4n) is 0.705. The standard InChI is InChI=1S/C11H19N/c1-6-7-10(2)8-9-11(3)12(4)5/h6-9,11H,1H2,2-5H3/b9-8-,10-7-. The molecule has 0 aromatic carbocycles. The number of likely N-dealkylation sites (N-methyl/N-ethyl adjacent to an activating group) is 1. The molecule has 0 fully saturated rings. The van der Waals surface area contributed by atoms with Crippen molar-refractivity contribution in [3.63, 3.8) is 0 Å². The van der Waals surface area contributed by atoms with Crippen molar-refractivity contribution >= 4 is 0 Å². The zero-order chi connectivity index (χ0) is 9.56. The molecule has 0 rings (SSSR count). The van der Waals surface area contributed by atoms with Crippen molar-refractivity contribution in [3.05, 3.63) is 36.5 Å². The summed E-state index contributed by atoms with van der Waals surface area (Å²) in [5, 5.41) is 0. The fraction of sp³-hybridized carbons (Fsp3) is 0.455. The lowest BCUT2D eigenvalue weighted by atomic mass is 10.2. The van der Waals surface area contributed by atoms with Crippen LogP contribution in [-0.2, 0) is 0 Å². The molecule has 0 bridgehead atoms. The van der Waals surface area contributed by atoms with Gasteiger partial charge in [-0.15, -0.1) is 0 Å². The molecule has 0 aliphatic heterocycles. The molecule has 0 heterocycles. The lowest BCUT2D eigenvalue weighted by Crippen LogP contribution is -2.21. The van der Waals surface area contributed by atoms with Gasteiger partial charge < -0.3 is 4.90 Å². The monoisotopic (exact) mass is 165 g/mol. The van der Waals surface area contributed by atoms with Crippen molar-refractivity contribution < 1.29 is 0 Å². The normalized spacial score (nSPS) is 15.6. The van der Waals surface area contributed by atoms with Crippen molar-refractivity contribution in [3.8, 4) is 0 Å². The van der Waals surface area contributed by atoms with Gasteiger partial charge in [0, 0.05) is 6.04 Å². The molecule has 1 unspecified atom stereocenters. The molecule has 0 aliphatic rings. The molecule has 0 saturated heterocycles. The molecule has 0 aromatic rings. The molecule has 68 valence electrons. The van der Waals surface area contributed by atoms with Crippen LogP contribution in [0.25, 0.3) is 0 Å². The van der Waals surface area contributed by atoms with Gasteiger partial charge in [-0.2, -0.15) is 0 Å². The molecular formula is C11H19N. The van der Waals surface area contributed by atoms with Crippen LogP contribution in [0.2, 0.25) is 0 Å². The van der Waals surface area contributed by atoms with Crippen LogP contribution in [0.3, 0.4) is 0 Å². The molecule has 0 radical (unpaired) electrons. The van der Waals surface area contributed by atoms with Crippen LogP contribution in [-0.4, -0.2) is 25.0 Å². The van der Waals surface area contributed by atoms with Crippen LogP contribution in [0.5, 0.6) is 0 Å². The third-order valence-corrected chi connectivity index (χ3v) is 1.83. The lowest BCUT2D eigenvalue weighted by Gasteiger charge is -2.14. The number of hydrogen-bond donors (Lipinski definition) is 0. The molecule has 0 saturated carbocycles. The molecule has 1 atom stereocenters. The topological polar surface area (TPSA) is 3.24 Å². The van der Waals surface area contributed by atoms with Gasteiger partial charge in [-0.1, -0.05) is 36.5 Å². The highest BCUT2D eigenvalue weighted by Crippen LogP contribution is 1.99. The molecule has 0 amide bonds. The largest absolute Gasteiger partial charge is 0.303 e. The third kappa shape index (κ3) is 4.91. The van der Waals surface area contributed by atoms with E-state index < -0.39 is 0 Å². The van der Waals surface area contributed by atoms with E-state index in [9.17, 15) is 0 Å². The second-order valence-corrected chi connectivity index (χ2v) is 3.21. The van der Waals surface area contributed by atoms with Crippen LogP contribution < -0.4 is 0 Å². The fourth-order valence-corrected chi connectivity index (χ4v) is 0.705. The van der Waals surface area contributed by atoms with Crippen LogP contribution in [0, 0.1) is 0 Å². The Bertz CT molecular complexity index is 187. The summed E-state index contributed by atoms with van der Waals surface area (Å²) in [5.41, 5.74) is 1.23. The first-order valence-corrected chi connectivity index (χ1v) is 4.22. The Morgan fingerprint density at radius 3 is 2.42 bits per heavy atom. The first-order valence-electron chi connectivity index (χ1n) is 4.22. The number of allylic oxidation sites excluding steroid dienone is 4. The predicted molar refractivity (Wildman–Crippen MR) is 56.2 cm³/mol. The summed E-state index contributed by atoms with van der Waals surface area (Å²) < 4.78 is 0. The Labute approximate surface area is 76.1 Å². The lowest BCUT2D eigenvalue weighted by molar-refractivity contribution is 0.364. The van der Waals surface area contributed by atoms with E-state index in [0.717, 1.165) is 0 Å². The van der Waals surface area contributed by atoms with E-state index in [2.05, 4.69) is 51.6 Å². The summed E-state index contributed by atoms with van der Waals surface area (Å²) in [6.45, 7) is 7.88. The van der Waals surface area contributed by atoms with E-state index >= 15 is 0 Å². The summed E-state index contributed by atoms with van der Waals surface area (Å²) in [7, 11) is 4.14. The van der Waals surface area contributed by atoms with Crippen molar-refractivity contribution in [2.45, 2.75) is 19.9 Å². The predicted octanol–water partition coefficient (Wildman–Crippen LogP) is 2.63. The average molecular weight is 165 g/mol. The maximum atomic E-state index is 3.64. The molecule has 12 heavy (non-hydrogen) atoms. The van der Waals surface area contributed by atoms with E-state index in [1.54, 1.807) is 6.08 Å². The van der Waals surface area contributed by atoms with E-state index in [1.807, 2.05) is 6.08 Å². The number of hydrogen-bond acceptors (Lipinski definition) is 1. The van der Waals surface area contributed by atoms with Gasteiger partial charge in [0.05, 0.1) is 0 Å². The Balaban J connectivity index is 4.06. The summed E-state index contributed by atoms with van der Waals surface area (Å²) >= 11 is 0. The van der Waals surface area contributed by atoms with Crippen LogP contribution in [0.15, 0.2) is 36.5 Å². The number of nitrogens with zero attached hydrogens (tertiary/aromatic N) is 1. The summed E-state index contributed by atoms with van der Waals surface area (Å²) in [4.78, 5) is 2.16. The highest BCUT2D eigenvalue weighted by molar-refractivity contribution is 5.21. The highest BCUT2D eigenvalue weighted by atomic mass is 15.1. The molecule has 0 aliphatic carbocycles. The second-order valence-electron chi connectivity index (χ2n) is 3.21. The van der Waals surface area contributed by atoms with Gasteiger partial charge in [0.15, 0.2) is 0 Å². The Morgan fingerprint density at radius 1 is 1.42 bits per heavy atom. The van der Waals surface area contributed by atoms with Gasteiger partial charge in [0.25, 0.3) is 0 Å². The minimum absolute atomic E-state index is 0.484. The first-order chi connectivity index (χ1) is 5.57. The molecular weight excluding hydrogens is 146 g/mol. The van der Waals surface area contributed by atoms with Crippen molar-refractivity contribution in [1.82, 2.24) is 4.90 Å². The molecule has 1 heteroatoms. The van der Waals surface area contributed by atoms with E-state index in [1.165, 1.54) is 5.57 Å². The molecule has 1 nitrogen and oxygen atoms in total. The zero-order valence-corrected chi connectivity index (χ0v) is 8.54. The minimum atomic E-state index is 0.484. The molecule has 0 aromatic heterocycles. The highest BCUT2D eigenvalue weighted by Gasteiger charge is 1.96. The average Bonchev–Trinajstić information content (AvgIpc) is 2.00. The van der Waals surface area contributed by atoms with Gasteiger partial charge in [-0.3, -0.25) is 0 Å². The smallest absolute Gasteiger partial charge is 0.0246 e. The van der Waals surface area contributed by atoms with Crippen LogP contribution in [0.1, 0.15) is 13.8 Å². The second kappa shape index (κ2) is 5.78. The molecule has 0 N–H and O–H groups in total. The summed E-state index contributed by atoms with van der Waals surface area (Å²) in [5.74, 6) is 0. The Hall–Kier alpha value is -0.820. The summed E-state index contributed by atoms with van der Waals surface area (Å²) in [6.07, 6.45) is 8.10. The number of rotatable bonds is 4. The van der Waals surface area contributed by atoms with Crippen molar-refractivity contribution in [1.29, 1.82) is 0 Å². The van der Waals surface area contributed by atoms with E-state index in [0.29, 0.717) is 6.04 Å². The Kier molecular flexibility index (Phi) is 5.39. The van der Waals surface area contributed by atoms with E-state index in [4.69, 9.17) is 0 Å². The van der Waals surface area contributed by atoms with Crippen molar-refractivity contribution in [2.24, 2.45) is 0 Å². The third-order valence-electron chi connectivity index (χ3n) is 1.83. The maximum absolute atomic E-state index is 3.64. The van der Waals surface area contributed by atoms with Gasteiger partial charge in [0.2, 0.25) is 0 Å². The van der Waals surface area contributed by atoms with Crippen molar-refractivity contribution in [2.75, 3.05) is 14.1 Å². The van der Waals surface area contributed by atoms with Gasteiger partial charge in [-0.05, 0) is 27.9 Å². The SMILES string of the molecule is C=C/C=C(C)\C=C/C(C)N(C)C. The van der Waals surface area contributed by atoms with Crippen LogP contribution in [0.4, 0.5) is 0 Å². The zero-order valence-electron chi connectivity index (χ0n) is 8.54. The molecule has 0 spiro atoms. The Morgan fingerprint density at radius 2 is 2.00 bits per heavy atom. The van der Waals surface area contributed by atoms with Gasteiger partial charge in [-0.25, -0.2) is 0 Å².